The minimum atomic E-state index is -0.0665. The average molecular weight is 243 g/mol. The monoisotopic (exact) mass is 242 g/mol. The smallest absolute Gasteiger partial charge is 0.128 e. The van der Waals surface area contributed by atoms with Crippen molar-refractivity contribution in [3.05, 3.63) is 34.9 Å². The first-order valence-electron chi connectivity index (χ1n) is 4.87. The summed E-state index contributed by atoms with van der Waals surface area (Å²) in [5.74, 6) is 1.31. The van der Waals surface area contributed by atoms with E-state index in [9.17, 15) is 0 Å². The number of aliphatic hydroxyl groups excluding tert-OH is 1. The molecule has 1 aromatic carbocycles. The molecule has 0 saturated heterocycles. The van der Waals surface area contributed by atoms with Crippen LogP contribution < -0.4 is 9.47 Å². The molecule has 0 saturated carbocycles. The van der Waals surface area contributed by atoms with Gasteiger partial charge in [0.25, 0.3) is 0 Å². The van der Waals surface area contributed by atoms with Gasteiger partial charge >= 0.3 is 0 Å². The summed E-state index contributed by atoms with van der Waals surface area (Å²) >= 11 is 5.53. The van der Waals surface area contributed by atoms with E-state index in [1.54, 1.807) is 25.3 Å². The van der Waals surface area contributed by atoms with Crippen LogP contribution in [0.25, 0.3) is 0 Å². The molecule has 0 aromatic heterocycles. The fourth-order valence-electron chi connectivity index (χ4n) is 1.15. The molecular weight excluding hydrogens is 228 g/mol. The van der Waals surface area contributed by atoms with E-state index in [1.807, 2.05) is 6.92 Å². The lowest BCUT2D eigenvalue weighted by atomic mass is 10.2. The highest BCUT2D eigenvalue weighted by molar-refractivity contribution is 6.25. The summed E-state index contributed by atoms with van der Waals surface area (Å²) in [4.78, 5) is 0. The lowest BCUT2D eigenvalue weighted by Gasteiger charge is -2.11. The van der Waals surface area contributed by atoms with Crippen molar-refractivity contribution in [3.8, 4) is 11.5 Å². The van der Waals surface area contributed by atoms with Gasteiger partial charge in [0.1, 0.15) is 18.1 Å². The van der Waals surface area contributed by atoms with Gasteiger partial charge in [-0.2, -0.15) is 0 Å². The number of methoxy groups -OCH3 is 1. The molecule has 0 aliphatic rings. The van der Waals surface area contributed by atoms with Crippen LogP contribution >= 0.6 is 11.6 Å². The van der Waals surface area contributed by atoms with Gasteiger partial charge in [-0.1, -0.05) is 11.6 Å². The molecule has 0 amide bonds. The van der Waals surface area contributed by atoms with Crippen LogP contribution in [0, 0.1) is 0 Å². The Morgan fingerprint density at radius 1 is 1.50 bits per heavy atom. The summed E-state index contributed by atoms with van der Waals surface area (Å²) < 4.78 is 10.6. The summed E-state index contributed by atoms with van der Waals surface area (Å²) in [6, 6.07) is 5.30. The van der Waals surface area contributed by atoms with Gasteiger partial charge in [-0.3, -0.25) is 0 Å². The van der Waals surface area contributed by atoms with Crippen molar-refractivity contribution in [3.63, 3.8) is 0 Å². The van der Waals surface area contributed by atoms with E-state index in [2.05, 4.69) is 0 Å². The SMILES string of the molecule is COc1ccc(CO)c(OC/C(C)=C/Cl)c1. The Hall–Kier alpha value is -1.19. The third kappa shape index (κ3) is 3.43. The molecular formula is C12H15ClO3. The Morgan fingerprint density at radius 2 is 2.25 bits per heavy atom. The van der Waals surface area contributed by atoms with E-state index in [1.165, 1.54) is 5.54 Å². The van der Waals surface area contributed by atoms with Gasteiger partial charge in [-0.15, -0.1) is 0 Å². The van der Waals surface area contributed by atoms with Gasteiger partial charge < -0.3 is 14.6 Å². The fraction of sp³-hybridized carbons (Fsp3) is 0.333. The van der Waals surface area contributed by atoms with Crippen LogP contribution in [0.4, 0.5) is 0 Å². The third-order valence-electron chi connectivity index (χ3n) is 2.09. The number of rotatable bonds is 5. The first kappa shape index (κ1) is 12.9. The van der Waals surface area contributed by atoms with E-state index in [0.29, 0.717) is 18.1 Å². The van der Waals surface area contributed by atoms with Gasteiger partial charge in [0, 0.05) is 17.2 Å². The zero-order valence-corrected chi connectivity index (χ0v) is 10.1. The highest BCUT2D eigenvalue weighted by Gasteiger charge is 2.05. The van der Waals surface area contributed by atoms with Crippen LogP contribution in [0.5, 0.6) is 11.5 Å². The molecule has 0 heterocycles. The molecule has 1 N–H and O–H groups in total. The van der Waals surface area contributed by atoms with Crippen LogP contribution in [0.3, 0.4) is 0 Å². The average Bonchev–Trinajstić information content (AvgIpc) is 2.35. The van der Waals surface area contributed by atoms with Gasteiger partial charge in [0.2, 0.25) is 0 Å². The zero-order chi connectivity index (χ0) is 12.0. The van der Waals surface area contributed by atoms with Crippen molar-refractivity contribution in [1.82, 2.24) is 0 Å². The maximum absolute atomic E-state index is 9.14. The first-order chi connectivity index (χ1) is 7.71. The maximum Gasteiger partial charge on any atom is 0.128 e. The quantitative estimate of drug-likeness (QED) is 0.863. The molecule has 0 atom stereocenters. The molecule has 0 bridgehead atoms. The molecule has 1 rings (SSSR count). The Balaban J connectivity index is 2.83. The fourth-order valence-corrected chi connectivity index (χ4v) is 1.21. The van der Waals surface area contributed by atoms with E-state index in [-0.39, 0.29) is 6.61 Å². The molecule has 0 unspecified atom stereocenters. The van der Waals surface area contributed by atoms with Crippen LogP contribution in [0.2, 0.25) is 0 Å². The van der Waals surface area contributed by atoms with Crippen LogP contribution in [0.1, 0.15) is 12.5 Å². The van der Waals surface area contributed by atoms with E-state index in [0.717, 1.165) is 11.1 Å². The number of hydrogen-bond acceptors (Lipinski definition) is 3. The molecule has 4 heteroatoms. The lowest BCUT2D eigenvalue weighted by molar-refractivity contribution is 0.268. The van der Waals surface area contributed by atoms with Gasteiger partial charge in [0.15, 0.2) is 0 Å². The number of aliphatic hydroxyl groups is 1. The minimum absolute atomic E-state index is 0.0665. The van der Waals surface area contributed by atoms with Gasteiger partial charge in [0.05, 0.1) is 13.7 Å². The van der Waals surface area contributed by atoms with Crippen molar-refractivity contribution in [2.75, 3.05) is 13.7 Å². The van der Waals surface area contributed by atoms with Crippen LogP contribution in [0.15, 0.2) is 29.3 Å². The van der Waals surface area contributed by atoms with Gasteiger partial charge in [-0.05, 0) is 24.6 Å². The Bertz CT molecular complexity index is 375. The summed E-state index contributed by atoms with van der Waals surface area (Å²) in [6.45, 7) is 2.19. The Labute approximate surface area is 100 Å². The number of hydrogen-bond donors (Lipinski definition) is 1. The molecule has 88 valence electrons. The third-order valence-corrected chi connectivity index (χ3v) is 2.46. The van der Waals surface area contributed by atoms with Crippen molar-refractivity contribution >= 4 is 11.6 Å². The molecule has 0 aliphatic heterocycles. The molecule has 0 radical (unpaired) electrons. The van der Waals surface area contributed by atoms with Crippen molar-refractivity contribution in [2.45, 2.75) is 13.5 Å². The normalized spacial score (nSPS) is 11.4. The minimum Gasteiger partial charge on any atom is -0.497 e. The number of benzene rings is 1. The van der Waals surface area contributed by atoms with Crippen molar-refractivity contribution < 1.29 is 14.6 Å². The predicted octanol–water partition coefficient (Wildman–Crippen LogP) is 2.71. The number of halogens is 1. The van der Waals surface area contributed by atoms with E-state index < -0.39 is 0 Å². The molecule has 0 aliphatic carbocycles. The predicted molar refractivity (Wildman–Crippen MR) is 64.0 cm³/mol. The Kier molecular flexibility index (Phi) is 5.15. The van der Waals surface area contributed by atoms with Crippen molar-refractivity contribution in [1.29, 1.82) is 0 Å². The highest BCUT2D eigenvalue weighted by atomic mass is 35.5. The topological polar surface area (TPSA) is 38.7 Å². The lowest BCUT2D eigenvalue weighted by Crippen LogP contribution is -2.01. The second-order valence-electron chi connectivity index (χ2n) is 3.38. The van der Waals surface area contributed by atoms with E-state index in [4.69, 9.17) is 26.2 Å². The van der Waals surface area contributed by atoms with Crippen LogP contribution in [-0.4, -0.2) is 18.8 Å². The number of ether oxygens (including phenoxy) is 2. The molecule has 16 heavy (non-hydrogen) atoms. The molecule has 1 aromatic rings. The Morgan fingerprint density at radius 3 is 2.81 bits per heavy atom. The standard InChI is InChI=1S/C12H15ClO3/c1-9(6-13)8-16-12-5-11(15-2)4-3-10(12)7-14/h3-6,14H,7-8H2,1-2H3/b9-6+. The summed E-state index contributed by atoms with van der Waals surface area (Å²) in [7, 11) is 1.58. The molecule has 3 nitrogen and oxygen atoms in total. The maximum atomic E-state index is 9.14. The molecule has 0 spiro atoms. The zero-order valence-electron chi connectivity index (χ0n) is 9.37. The van der Waals surface area contributed by atoms with E-state index >= 15 is 0 Å². The molecule has 0 fully saturated rings. The largest absolute Gasteiger partial charge is 0.497 e. The second-order valence-corrected chi connectivity index (χ2v) is 3.59. The van der Waals surface area contributed by atoms with Crippen molar-refractivity contribution in [2.24, 2.45) is 0 Å². The highest BCUT2D eigenvalue weighted by Crippen LogP contribution is 2.25. The van der Waals surface area contributed by atoms with Crippen LogP contribution in [-0.2, 0) is 6.61 Å². The second kappa shape index (κ2) is 6.40. The summed E-state index contributed by atoms with van der Waals surface area (Å²) in [6.07, 6.45) is 0. The van der Waals surface area contributed by atoms with Gasteiger partial charge in [-0.25, -0.2) is 0 Å². The summed E-state index contributed by atoms with van der Waals surface area (Å²) in [5.41, 5.74) is 3.11. The summed E-state index contributed by atoms with van der Waals surface area (Å²) in [5, 5.41) is 9.14. The first-order valence-corrected chi connectivity index (χ1v) is 5.31.